The molecule has 1 fully saturated rings. The molecule has 0 aliphatic carbocycles. The van der Waals surface area contributed by atoms with Gasteiger partial charge in [-0.05, 0) is 42.9 Å². The van der Waals surface area contributed by atoms with Crippen molar-refractivity contribution in [2.75, 3.05) is 11.9 Å². The number of benzene rings is 1. The van der Waals surface area contributed by atoms with Crippen LogP contribution in [-0.4, -0.2) is 36.4 Å². The lowest BCUT2D eigenvalue weighted by Gasteiger charge is -2.24. The summed E-state index contributed by atoms with van der Waals surface area (Å²) in [7, 11) is -3.75. The van der Waals surface area contributed by atoms with E-state index in [0.29, 0.717) is 25.1 Å². The van der Waals surface area contributed by atoms with E-state index >= 15 is 0 Å². The molecule has 1 N–H and O–H groups in total. The second kappa shape index (κ2) is 7.09. The molecule has 8 heteroatoms. The molecule has 3 rings (SSSR count). The zero-order chi connectivity index (χ0) is 19.8. The van der Waals surface area contributed by atoms with Crippen LogP contribution in [0.4, 0.5) is 5.82 Å². The molecule has 0 unspecified atom stereocenters. The molecule has 0 saturated carbocycles. The van der Waals surface area contributed by atoms with Crippen molar-refractivity contribution < 1.29 is 17.7 Å². The average Bonchev–Trinajstić information content (AvgIpc) is 3.23. The van der Waals surface area contributed by atoms with E-state index in [0.717, 1.165) is 5.56 Å². The lowest BCUT2D eigenvalue weighted by Crippen LogP contribution is -2.43. The first kappa shape index (κ1) is 19.6. The summed E-state index contributed by atoms with van der Waals surface area (Å²) in [4.78, 5) is 12.8. The van der Waals surface area contributed by atoms with Gasteiger partial charge in [-0.25, -0.2) is 8.42 Å². The molecule has 7 nitrogen and oxygen atoms in total. The highest BCUT2D eigenvalue weighted by molar-refractivity contribution is 7.89. The quantitative estimate of drug-likeness (QED) is 0.865. The fraction of sp³-hybridized carbons (Fsp3) is 0.474. The Hall–Kier alpha value is -2.19. The zero-order valence-corrected chi connectivity index (χ0v) is 16.8. The number of nitrogens with one attached hydrogen (secondary N) is 1. The molecule has 1 aliphatic rings. The summed E-state index contributed by atoms with van der Waals surface area (Å²) in [6.07, 6.45) is 1.11. The van der Waals surface area contributed by atoms with Crippen LogP contribution in [0.5, 0.6) is 0 Å². The maximum atomic E-state index is 13.1. The molecule has 0 bridgehead atoms. The molecule has 1 atom stereocenters. The number of amides is 1. The highest BCUT2D eigenvalue weighted by atomic mass is 32.2. The predicted molar refractivity (Wildman–Crippen MR) is 102 cm³/mol. The van der Waals surface area contributed by atoms with Gasteiger partial charge in [-0.2, -0.15) is 4.31 Å². The summed E-state index contributed by atoms with van der Waals surface area (Å²) in [6.45, 7) is 8.25. The summed E-state index contributed by atoms with van der Waals surface area (Å²) in [5.74, 6) is 0.465. The second-order valence-corrected chi connectivity index (χ2v) is 9.75. The minimum atomic E-state index is -3.75. The lowest BCUT2D eigenvalue weighted by molar-refractivity contribution is -0.119. The highest BCUT2D eigenvalue weighted by Gasteiger charge is 2.39. The standard InChI is InChI=1S/C19H25N3O4S/c1-13-12-17(21-26-13)20-18(23)16-6-5-11-22(16)27(24,25)15-9-7-14(8-10-15)19(2,3)4/h7-10,12,16H,5-6,11H2,1-4H3,(H,20,21,23)/t16-/m0/s1. The van der Waals surface area contributed by atoms with Crippen LogP contribution in [0.25, 0.3) is 0 Å². The maximum absolute atomic E-state index is 13.1. The number of carbonyl (C=O) groups is 1. The van der Waals surface area contributed by atoms with Crippen molar-refractivity contribution in [1.29, 1.82) is 0 Å². The van der Waals surface area contributed by atoms with Crippen LogP contribution in [0.2, 0.25) is 0 Å². The lowest BCUT2D eigenvalue weighted by atomic mass is 9.87. The normalized spacial score (nSPS) is 18.6. The number of aromatic nitrogens is 1. The van der Waals surface area contributed by atoms with E-state index in [1.807, 2.05) is 12.1 Å². The minimum Gasteiger partial charge on any atom is -0.360 e. The van der Waals surface area contributed by atoms with Gasteiger partial charge in [-0.3, -0.25) is 4.79 Å². The highest BCUT2D eigenvalue weighted by Crippen LogP contribution is 2.29. The van der Waals surface area contributed by atoms with Crippen molar-refractivity contribution in [2.45, 2.75) is 56.9 Å². The molecule has 27 heavy (non-hydrogen) atoms. The predicted octanol–water partition coefficient (Wildman–Crippen LogP) is 3.07. The van der Waals surface area contributed by atoms with Crippen LogP contribution in [-0.2, 0) is 20.2 Å². The molecule has 2 aromatic rings. The Morgan fingerprint density at radius 3 is 2.48 bits per heavy atom. The largest absolute Gasteiger partial charge is 0.360 e. The number of anilines is 1. The Morgan fingerprint density at radius 2 is 1.93 bits per heavy atom. The van der Waals surface area contributed by atoms with E-state index < -0.39 is 22.0 Å². The van der Waals surface area contributed by atoms with Gasteiger partial charge in [0.25, 0.3) is 0 Å². The number of sulfonamides is 1. The van der Waals surface area contributed by atoms with E-state index in [1.165, 1.54) is 4.31 Å². The Balaban J connectivity index is 1.81. The third kappa shape index (κ3) is 4.06. The van der Waals surface area contributed by atoms with Gasteiger partial charge in [0.2, 0.25) is 15.9 Å². The van der Waals surface area contributed by atoms with Gasteiger partial charge in [0.1, 0.15) is 11.8 Å². The van der Waals surface area contributed by atoms with Gasteiger partial charge in [0.15, 0.2) is 5.82 Å². The molecular weight excluding hydrogens is 366 g/mol. The number of hydrogen-bond donors (Lipinski definition) is 1. The molecule has 1 aromatic carbocycles. The Labute approximate surface area is 159 Å². The molecule has 146 valence electrons. The summed E-state index contributed by atoms with van der Waals surface area (Å²) < 4.78 is 32.4. The molecule has 0 spiro atoms. The molecule has 1 aliphatic heterocycles. The van der Waals surface area contributed by atoms with Crippen LogP contribution in [0.15, 0.2) is 39.8 Å². The number of carbonyl (C=O) groups excluding carboxylic acids is 1. The van der Waals surface area contributed by atoms with Crippen molar-refractivity contribution in [3.63, 3.8) is 0 Å². The summed E-state index contributed by atoms with van der Waals surface area (Å²) >= 11 is 0. The van der Waals surface area contributed by atoms with Crippen LogP contribution in [0, 0.1) is 6.92 Å². The SMILES string of the molecule is Cc1cc(NC(=O)[C@@H]2CCCN2S(=O)(=O)c2ccc(C(C)(C)C)cc2)no1. The van der Waals surface area contributed by atoms with Crippen molar-refractivity contribution in [2.24, 2.45) is 0 Å². The van der Waals surface area contributed by atoms with Crippen LogP contribution in [0.1, 0.15) is 44.9 Å². The number of hydrogen-bond acceptors (Lipinski definition) is 5. The number of nitrogens with zero attached hydrogens (tertiary/aromatic N) is 2. The molecule has 1 aromatic heterocycles. The van der Waals surface area contributed by atoms with E-state index in [9.17, 15) is 13.2 Å². The van der Waals surface area contributed by atoms with Crippen LogP contribution >= 0.6 is 0 Å². The molecule has 0 radical (unpaired) electrons. The third-order valence-corrected chi connectivity index (χ3v) is 6.63. The maximum Gasteiger partial charge on any atom is 0.244 e. The first-order valence-corrected chi connectivity index (χ1v) is 10.4. The molecule has 1 amide bonds. The summed E-state index contributed by atoms with van der Waals surface area (Å²) in [5.41, 5.74) is 0.993. The van der Waals surface area contributed by atoms with Gasteiger partial charge in [0.05, 0.1) is 4.90 Å². The second-order valence-electron chi connectivity index (χ2n) is 7.86. The fourth-order valence-corrected chi connectivity index (χ4v) is 4.84. The van der Waals surface area contributed by atoms with E-state index in [-0.39, 0.29) is 16.1 Å². The number of rotatable bonds is 4. The fourth-order valence-electron chi connectivity index (χ4n) is 3.19. The van der Waals surface area contributed by atoms with Crippen molar-refractivity contribution >= 4 is 21.7 Å². The van der Waals surface area contributed by atoms with Gasteiger partial charge in [0, 0.05) is 12.6 Å². The zero-order valence-electron chi connectivity index (χ0n) is 16.0. The van der Waals surface area contributed by atoms with Crippen LogP contribution < -0.4 is 5.32 Å². The average molecular weight is 391 g/mol. The van der Waals surface area contributed by atoms with Crippen molar-refractivity contribution in [3.8, 4) is 0 Å². The van der Waals surface area contributed by atoms with Gasteiger partial charge >= 0.3 is 0 Å². The minimum absolute atomic E-state index is 0.0614. The molecule has 1 saturated heterocycles. The summed E-state index contributed by atoms with van der Waals surface area (Å²) in [5, 5.41) is 6.37. The Bertz CT molecular complexity index is 927. The van der Waals surface area contributed by atoms with Gasteiger partial charge < -0.3 is 9.84 Å². The van der Waals surface area contributed by atoms with Crippen LogP contribution in [0.3, 0.4) is 0 Å². The topological polar surface area (TPSA) is 92.5 Å². The van der Waals surface area contributed by atoms with Crippen molar-refractivity contribution in [1.82, 2.24) is 9.46 Å². The van der Waals surface area contributed by atoms with Gasteiger partial charge in [-0.1, -0.05) is 38.1 Å². The molecule has 2 heterocycles. The van der Waals surface area contributed by atoms with E-state index in [2.05, 4.69) is 31.2 Å². The Kier molecular flexibility index (Phi) is 5.14. The van der Waals surface area contributed by atoms with E-state index in [1.54, 1.807) is 25.1 Å². The summed E-state index contributed by atoms with van der Waals surface area (Å²) in [6, 6.07) is 7.73. The number of aryl methyl sites for hydroxylation is 1. The molecular formula is C19H25N3O4S. The monoisotopic (exact) mass is 391 g/mol. The third-order valence-electron chi connectivity index (χ3n) is 4.71. The van der Waals surface area contributed by atoms with Crippen molar-refractivity contribution in [3.05, 3.63) is 41.7 Å². The van der Waals surface area contributed by atoms with Gasteiger partial charge in [-0.15, -0.1) is 0 Å². The first-order chi connectivity index (χ1) is 12.6. The smallest absolute Gasteiger partial charge is 0.244 e. The van der Waals surface area contributed by atoms with E-state index in [4.69, 9.17) is 4.52 Å². The Morgan fingerprint density at radius 1 is 1.26 bits per heavy atom. The first-order valence-electron chi connectivity index (χ1n) is 8.95.